The Balaban J connectivity index is 1.76. The Morgan fingerprint density at radius 2 is 1.67 bits per heavy atom. The molecule has 0 radical (unpaired) electrons. The number of carbonyl (C=O) groups is 1. The first-order valence-corrected chi connectivity index (χ1v) is 12.2. The van der Waals surface area contributed by atoms with Gasteiger partial charge in [-0.25, -0.2) is 12.8 Å². The molecule has 33 heavy (non-hydrogen) atoms. The van der Waals surface area contributed by atoms with Crippen molar-refractivity contribution in [3.63, 3.8) is 0 Å². The largest absolute Gasteiger partial charge is 0.416 e. The Hall–Kier alpha value is -2.82. The Labute approximate surface area is 190 Å². The molecular weight excluding hydrogens is 462 g/mol. The molecule has 2 aromatic rings. The van der Waals surface area contributed by atoms with Crippen LogP contribution >= 0.6 is 0 Å². The van der Waals surface area contributed by atoms with Crippen LogP contribution in [-0.4, -0.2) is 57.7 Å². The summed E-state index contributed by atoms with van der Waals surface area (Å²) in [6.45, 7) is 2.75. The minimum Gasteiger partial charge on any atom is -0.368 e. The third kappa shape index (κ3) is 5.76. The first-order valence-electron chi connectivity index (χ1n) is 10.4. The molecule has 6 nitrogen and oxygen atoms in total. The van der Waals surface area contributed by atoms with E-state index in [0.717, 1.165) is 34.8 Å². The third-order valence-corrected chi connectivity index (χ3v) is 6.70. The number of sulfonamides is 1. The summed E-state index contributed by atoms with van der Waals surface area (Å²) in [5, 5.41) is 0. The smallest absolute Gasteiger partial charge is 0.368 e. The topological polar surface area (TPSA) is 60.9 Å². The lowest BCUT2D eigenvalue weighted by atomic mass is 10.1. The van der Waals surface area contributed by atoms with Crippen molar-refractivity contribution >= 4 is 27.3 Å². The molecule has 180 valence electrons. The van der Waals surface area contributed by atoms with Crippen molar-refractivity contribution in [3.05, 3.63) is 59.9 Å². The summed E-state index contributed by atoms with van der Waals surface area (Å²) in [7, 11) is -3.85. The molecule has 1 heterocycles. The quantitative estimate of drug-likeness (QED) is 0.583. The highest BCUT2D eigenvalue weighted by atomic mass is 32.2. The van der Waals surface area contributed by atoms with Crippen LogP contribution in [0.15, 0.2) is 48.5 Å². The molecule has 0 N–H and O–H groups in total. The van der Waals surface area contributed by atoms with Gasteiger partial charge in [-0.2, -0.15) is 13.2 Å². The fourth-order valence-corrected chi connectivity index (χ4v) is 5.11. The number of benzene rings is 2. The Morgan fingerprint density at radius 3 is 2.18 bits per heavy atom. The van der Waals surface area contributed by atoms with E-state index in [1.807, 2.05) is 0 Å². The van der Waals surface area contributed by atoms with Gasteiger partial charge in [-0.05, 0) is 48.9 Å². The zero-order chi connectivity index (χ0) is 24.4. The normalized spacial score (nSPS) is 15.9. The molecule has 0 aromatic heterocycles. The second kappa shape index (κ2) is 9.58. The molecular formula is C22H25F4N3O3S. The molecule has 0 aliphatic carbocycles. The van der Waals surface area contributed by atoms with Gasteiger partial charge in [0.2, 0.25) is 15.9 Å². The van der Waals surface area contributed by atoms with Crippen molar-refractivity contribution < 1.29 is 30.8 Å². The van der Waals surface area contributed by atoms with Gasteiger partial charge in [-0.1, -0.05) is 13.0 Å². The fourth-order valence-electron chi connectivity index (χ4n) is 3.91. The van der Waals surface area contributed by atoms with Gasteiger partial charge in [0.15, 0.2) is 0 Å². The summed E-state index contributed by atoms with van der Waals surface area (Å²) in [6.07, 6.45) is -3.27. The van der Waals surface area contributed by atoms with E-state index in [0.29, 0.717) is 18.8 Å². The number of amides is 1. The van der Waals surface area contributed by atoms with Crippen LogP contribution in [-0.2, 0) is 21.0 Å². The third-order valence-electron chi connectivity index (χ3n) is 5.52. The molecule has 1 fully saturated rings. The van der Waals surface area contributed by atoms with Crippen molar-refractivity contribution in [1.82, 2.24) is 4.90 Å². The molecule has 1 saturated heterocycles. The highest BCUT2D eigenvalue weighted by molar-refractivity contribution is 7.92. The molecule has 0 bridgehead atoms. The summed E-state index contributed by atoms with van der Waals surface area (Å²) >= 11 is 0. The molecule has 1 atom stereocenters. The van der Waals surface area contributed by atoms with Crippen molar-refractivity contribution in [2.24, 2.45) is 0 Å². The zero-order valence-corrected chi connectivity index (χ0v) is 19.0. The molecule has 11 heteroatoms. The number of nitrogens with zero attached hydrogens (tertiary/aromatic N) is 3. The minimum atomic E-state index is -4.45. The Kier molecular flexibility index (Phi) is 7.20. The van der Waals surface area contributed by atoms with Gasteiger partial charge in [0.05, 0.1) is 17.5 Å². The summed E-state index contributed by atoms with van der Waals surface area (Å²) in [4.78, 5) is 16.5. The zero-order valence-electron chi connectivity index (χ0n) is 18.2. The second-order valence-corrected chi connectivity index (χ2v) is 9.68. The van der Waals surface area contributed by atoms with Crippen LogP contribution in [0.1, 0.15) is 18.9 Å². The predicted molar refractivity (Wildman–Crippen MR) is 118 cm³/mol. The first kappa shape index (κ1) is 24.8. The summed E-state index contributed by atoms with van der Waals surface area (Å²) in [5.74, 6) is -0.937. The number of alkyl halides is 3. The Morgan fingerprint density at radius 1 is 1.06 bits per heavy atom. The molecule has 2 aromatic carbocycles. The molecule has 0 spiro atoms. The molecule has 1 aliphatic rings. The van der Waals surface area contributed by atoms with Gasteiger partial charge in [-0.3, -0.25) is 9.10 Å². The number of rotatable bonds is 6. The fraction of sp³-hybridized carbons (Fsp3) is 0.409. The lowest BCUT2D eigenvalue weighted by molar-refractivity contribution is -0.137. The van der Waals surface area contributed by atoms with Crippen molar-refractivity contribution in [3.8, 4) is 0 Å². The van der Waals surface area contributed by atoms with E-state index in [2.05, 4.69) is 0 Å². The van der Waals surface area contributed by atoms with Crippen LogP contribution in [0.5, 0.6) is 0 Å². The maximum absolute atomic E-state index is 13.3. The van der Waals surface area contributed by atoms with Crippen LogP contribution < -0.4 is 9.21 Å². The van der Waals surface area contributed by atoms with Gasteiger partial charge in [0.25, 0.3) is 0 Å². The summed E-state index contributed by atoms with van der Waals surface area (Å²) in [6, 6.07) is 8.84. The van der Waals surface area contributed by atoms with E-state index in [1.165, 1.54) is 23.1 Å². The highest BCUT2D eigenvalue weighted by Gasteiger charge is 2.36. The van der Waals surface area contributed by atoms with E-state index < -0.39 is 39.5 Å². The number of carbonyl (C=O) groups excluding carboxylic acids is 1. The predicted octanol–water partition coefficient (Wildman–Crippen LogP) is 3.74. The maximum Gasteiger partial charge on any atom is 0.416 e. The van der Waals surface area contributed by atoms with Gasteiger partial charge in [-0.15, -0.1) is 0 Å². The van der Waals surface area contributed by atoms with Crippen molar-refractivity contribution in [2.75, 3.05) is 41.6 Å². The highest BCUT2D eigenvalue weighted by Crippen LogP contribution is 2.32. The number of anilines is 2. The van der Waals surface area contributed by atoms with Crippen LogP contribution in [0.25, 0.3) is 0 Å². The van der Waals surface area contributed by atoms with Gasteiger partial charge in [0, 0.05) is 31.9 Å². The average Bonchev–Trinajstić information content (AvgIpc) is 2.76. The van der Waals surface area contributed by atoms with Crippen LogP contribution in [0.3, 0.4) is 0 Å². The summed E-state index contributed by atoms with van der Waals surface area (Å²) in [5.41, 5.74) is -0.151. The molecule has 0 saturated carbocycles. The average molecular weight is 488 g/mol. The lowest BCUT2D eigenvalue weighted by Gasteiger charge is -2.39. The van der Waals surface area contributed by atoms with Crippen molar-refractivity contribution in [1.29, 1.82) is 0 Å². The molecule has 3 rings (SSSR count). The summed E-state index contributed by atoms with van der Waals surface area (Å²) < 4.78 is 78.4. The molecule has 1 unspecified atom stereocenters. The number of halogens is 4. The standard InChI is InChI=1S/C22H25F4N3O3S/c1-3-20(29(33(2,31)32)18-9-7-17(23)8-10-18)21(30)28-13-11-27(12-14-28)19-6-4-5-16(15-19)22(24,25)26/h4-10,15,20H,3,11-14H2,1-2H3. The van der Waals surface area contributed by atoms with Crippen LogP contribution in [0, 0.1) is 5.82 Å². The van der Waals surface area contributed by atoms with Crippen LogP contribution in [0.4, 0.5) is 28.9 Å². The Bertz CT molecular complexity index is 1080. The van der Waals surface area contributed by atoms with E-state index in [4.69, 9.17) is 0 Å². The van der Waals surface area contributed by atoms with Crippen molar-refractivity contribution in [2.45, 2.75) is 25.6 Å². The van der Waals surface area contributed by atoms with E-state index >= 15 is 0 Å². The SMILES string of the molecule is CCC(C(=O)N1CCN(c2cccc(C(F)(F)F)c2)CC1)N(c1ccc(F)cc1)S(C)(=O)=O. The van der Waals surface area contributed by atoms with E-state index in [1.54, 1.807) is 17.9 Å². The maximum atomic E-state index is 13.3. The number of piperazine rings is 1. The number of hydrogen-bond acceptors (Lipinski definition) is 4. The minimum absolute atomic E-state index is 0.182. The second-order valence-electron chi connectivity index (χ2n) is 7.82. The monoisotopic (exact) mass is 487 g/mol. The lowest BCUT2D eigenvalue weighted by Crippen LogP contribution is -2.56. The van der Waals surface area contributed by atoms with Gasteiger partial charge in [0.1, 0.15) is 11.9 Å². The molecule has 1 amide bonds. The van der Waals surface area contributed by atoms with Gasteiger partial charge < -0.3 is 9.80 Å². The van der Waals surface area contributed by atoms with Crippen LogP contribution in [0.2, 0.25) is 0 Å². The molecule has 1 aliphatic heterocycles. The van der Waals surface area contributed by atoms with Gasteiger partial charge >= 0.3 is 6.18 Å². The first-order chi connectivity index (χ1) is 15.4. The van der Waals surface area contributed by atoms with E-state index in [9.17, 15) is 30.8 Å². The number of hydrogen-bond donors (Lipinski definition) is 0. The van der Waals surface area contributed by atoms with E-state index in [-0.39, 0.29) is 25.2 Å².